The quantitative estimate of drug-likeness (QED) is 0.562. The summed E-state index contributed by atoms with van der Waals surface area (Å²) >= 11 is 0. The molecule has 4 heteroatoms. The zero-order chi connectivity index (χ0) is 16.1. The highest BCUT2D eigenvalue weighted by Gasteiger charge is 2.28. The summed E-state index contributed by atoms with van der Waals surface area (Å²) in [4.78, 5) is 0. The second-order valence-corrected chi connectivity index (χ2v) is 6.00. The first-order valence-corrected chi connectivity index (χ1v) is 8.36. The minimum atomic E-state index is 0.213. The Bertz CT molecular complexity index is 644. The Morgan fingerprint density at radius 1 is 1.00 bits per heavy atom. The molecule has 2 aromatic rings. The molecule has 2 unspecified atom stereocenters. The molecule has 0 radical (unpaired) electrons. The topological polar surface area (TPSA) is 59.3 Å². The number of hydrogen-bond acceptors (Lipinski definition) is 4. The van der Waals surface area contributed by atoms with E-state index in [4.69, 9.17) is 10.5 Å². The fourth-order valence-electron chi connectivity index (χ4n) is 3.02. The maximum Gasteiger partial charge on any atom is 0.124 e. The number of rotatable bonds is 6. The van der Waals surface area contributed by atoms with Crippen LogP contribution in [0.4, 0.5) is 5.69 Å². The van der Waals surface area contributed by atoms with Crippen molar-refractivity contribution in [1.29, 1.82) is 0 Å². The van der Waals surface area contributed by atoms with Crippen molar-refractivity contribution in [3.63, 3.8) is 0 Å². The van der Waals surface area contributed by atoms with Gasteiger partial charge in [0.2, 0.25) is 0 Å². The third-order valence-electron chi connectivity index (χ3n) is 4.32. The first kappa shape index (κ1) is 15.8. The van der Waals surface area contributed by atoms with Crippen LogP contribution in [0.2, 0.25) is 0 Å². The minimum Gasteiger partial charge on any atom is -0.493 e. The fraction of sp³-hybridized carbons (Fsp3) is 0.368. The van der Waals surface area contributed by atoms with Crippen LogP contribution in [-0.4, -0.2) is 6.61 Å². The summed E-state index contributed by atoms with van der Waals surface area (Å²) in [5.74, 6) is 0.974. The monoisotopic (exact) mass is 311 g/mol. The largest absolute Gasteiger partial charge is 0.493 e. The number of benzene rings is 2. The van der Waals surface area contributed by atoms with Crippen LogP contribution in [-0.2, 0) is 0 Å². The van der Waals surface area contributed by atoms with Crippen LogP contribution in [0.5, 0.6) is 5.75 Å². The first-order valence-electron chi connectivity index (χ1n) is 8.36. The number of hydrazine groups is 1. The second kappa shape index (κ2) is 7.49. The Hall–Kier alpha value is -2.04. The Morgan fingerprint density at radius 3 is 2.39 bits per heavy atom. The molecule has 3 rings (SSSR count). The van der Waals surface area contributed by atoms with Gasteiger partial charge in [-0.05, 0) is 30.5 Å². The summed E-state index contributed by atoms with van der Waals surface area (Å²) in [6, 6.07) is 16.7. The first-order chi connectivity index (χ1) is 11.3. The highest BCUT2D eigenvalue weighted by molar-refractivity contribution is 5.49. The zero-order valence-corrected chi connectivity index (χ0v) is 13.6. The summed E-state index contributed by atoms with van der Waals surface area (Å²) < 4.78 is 5.96. The highest BCUT2D eigenvalue weighted by Crippen LogP contribution is 2.36. The minimum absolute atomic E-state index is 0.213. The van der Waals surface area contributed by atoms with Crippen molar-refractivity contribution < 1.29 is 4.74 Å². The molecule has 0 saturated carbocycles. The lowest BCUT2D eigenvalue weighted by atomic mass is 9.96. The lowest BCUT2D eigenvalue weighted by molar-refractivity contribution is 0.303. The van der Waals surface area contributed by atoms with Gasteiger partial charge in [-0.2, -0.15) is 0 Å². The van der Waals surface area contributed by atoms with Crippen LogP contribution >= 0.6 is 0 Å². The molecule has 0 bridgehead atoms. The lowest BCUT2D eigenvalue weighted by Crippen LogP contribution is -2.27. The van der Waals surface area contributed by atoms with Gasteiger partial charge >= 0.3 is 0 Å². The molecule has 0 aliphatic carbocycles. The van der Waals surface area contributed by atoms with Gasteiger partial charge in [0.05, 0.1) is 18.7 Å². The number of unbranched alkanes of at least 4 members (excludes halogenated alkanes) is 1. The van der Waals surface area contributed by atoms with Crippen LogP contribution < -0.4 is 21.3 Å². The van der Waals surface area contributed by atoms with Crippen LogP contribution in [0.1, 0.15) is 49.4 Å². The molecule has 2 aromatic carbocycles. The van der Waals surface area contributed by atoms with Gasteiger partial charge in [0, 0.05) is 11.3 Å². The molecule has 0 spiro atoms. The number of para-hydroxylation sites is 2. The molecule has 4 nitrogen and oxygen atoms in total. The molecule has 1 fully saturated rings. The number of ether oxygens (including phenoxy) is 1. The van der Waals surface area contributed by atoms with Gasteiger partial charge in [0.1, 0.15) is 5.75 Å². The van der Waals surface area contributed by atoms with E-state index in [2.05, 4.69) is 42.0 Å². The van der Waals surface area contributed by atoms with Gasteiger partial charge in [-0.15, -0.1) is 0 Å². The van der Waals surface area contributed by atoms with Gasteiger partial charge in [-0.1, -0.05) is 49.7 Å². The Balaban J connectivity index is 1.73. The summed E-state index contributed by atoms with van der Waals surface area (Å²) in [7, 11) is 0. The number of nitrogens with one attached hydrogen (secondary N) is 2. The van der Waals surface area contributed by atoms with Crippen molar-refractivity contribution >= 4 is 5.69 Å². The summed E-state index contributed by atoms with van der Waals surface area (Å²) in [5.41, 5.74) is 16.0. The van der Waals surface area contributed by atoms with E-state index in [0.29, 0.717) is 0 Å². The van der Waals surface area contributed by atoms with Gasteiger partial charge in [-0.3, -0.25) is 0 Å². The van der Waals surface area contributed by atoms with E-state index in [9.17, 15) is 0 Å². The molecule has 122 valence electrons. The summed E-state index contributed by atoms with van der Waals surface area (Å²) in [5, 5.41) is 0. The van der Waals surface area contributed by atoms with Crippen molar-refractivity contribution in [2.45, 2.75) is 38.3 Å². The van der Waals surface area contributed by atoms with E-state index in [-0.39, 0.29) is 12.1 Å². The molecule has 1 aliphatic rings. The molecule has 0 amide bonds. The molecule has 4 N–H and O–H groups in total. The van der Waals surface area contributed by atoms with Gasteiger partial charge < -0.3 is 10.5 Å². The predicted molar refractivity (Wildman–Crippen MR) is 94.1 cm³/mol. The van der Waals surface area contributed by atoms with Crippen molar-refractivity contribution in [3.8, 4) is 5.75 Å². The zero-order valence-electron chi connectivity index (χ0n) is 13.6. The molecule has 23 heavy (non-hydrogen) atoms. The molecule has 1 heterocycles. The van der Waals surface area contributed by atoms with E-state index >= 15 is 0 Å². The van der Waals surface area contributed by atoms with Crippen molar-refractivity contribution in [1.82, 2.24) is 10.9 Å². The van der Waals surface area contributed by atoms with Gasteiger partial charge in [0.25, 0.3) is 0 Å². The van der Waals surface area contributed by atoms with Crippen LogP contribution in [0.15, 0.2) is 48.5 Å². The van der Waals surface area contributed by atoms with E-state index < -0.39 is 0 Å². The van der Waals surface area contributed by atoms with Crippen molar-refractivity contribution in [3.05, 3.63) is 59.7 Å². The van der Waals surface area contributed by atoms with E-state index in [1.807, 2.05) is 24.3 Å². The van der Waals surface area contributed by atoms with Gasteiger partial charge in [-0.25, -0.2) is 10.9 Å². The lowest BCUT2D eigenvalue weighted by Gasteiger charge is -2.16. The average molecular weight is 311 g/mol. The maximum absolute atomic E-state index is 6.10. The number of anilines is 1. The Labute approximate surface area is 138 Å². The van der Waals surface area contributed by atoms with Gasteiger partial charge in [0.15, 0.2) is 0 Å². The fourth-order valence-corrected chi connectivity index (χ4v) is 3.02. The average Bonchev–Trinajstić information content (AvgIpc) is 3.05. The standard InChI is InChI=1S/C19H25N3O/c1-2-3-12-23-19-11-7-5-9-15(19)18-13-17(21-22-18)14-8-4-6-10-16(14)20/h4-11,17-18,21-22H,2-3,12-13,20H2,1H3. The number of hydrogen-bond donors (Lipinski definition) is 3. The number of nitrogen functional groups attached to an aromatic ring is 1. The molecule has 1 aliphatic heterocycles. The predicted octanol–water partition coefficient (Wildman–Crippen LogP) is 3.73. The van der Waals surface area contributed by atoms with Crippen molar-refractivity contribution in [2.75, 3.05) is 12.3 Å². The van der Waals surface area contributed by atoms with Crippen LogP contribution in [0, 0.1) is 0 Å². The number of nitrogens with two attached hydrogens (primary N) is 1. The highest BCUT2D eigenvalue weighted by atomic mass is 16.5. The summed E-state index contributed by atoms with van der Waals surface area (Å²) in [6.45, 7) is 2.94. The Morgan fingerprint density at radius 2 is 1.65 bits per heavy atom. The van der Waals surface area contributed by atoms with Crippen LogP contribution in [0.3, 0.4) is 0 Å². The van der Waals surface area contributed by atoms with E-state index in [1.165, 1.54) is 5.56 Å². The normalized spacial score (nSPS) is 20.6. The summed E-state index contributed by atoms with van der Waals surface area (Å²) in [6.07, 6.45) is 3.16. The van der Waals surface area contributed by atoms with E-state index in [1.54, 1.807) is 0 Å². The molecular weight excluding hydrogens is 286 g/mol. The smallest absolute Gasteiger partial charge is 0.124 e. The molecular formula is C19H25N3O. The second-order valence-electron chi connectivity index (χ2n) is 6.00. The molecule has 2 atom stereocenters. The third kappa shape index (κ3) is 3.66. The molecule has 0 aromatic heterocycles. The Kier molecular flexibility index (Phi) is 5.16. The molecule has 1 saturated heterocycles. The van der Waals surface area contributed by atoms with E-state index in [0.717, 1.165) is 42.9 Å². The SMILES string of the molecule is CCCCOc1ccccc1C1CC(c2ccccc2N)NN1. The maximum atomic E-state index is 6.10. The third-order valence-corrected chi connectivity index (χ3v) is 4.32. The van der Waals surface area contributed by atoms with Crippen molar-refractivity contribution in [2.24, 2.45) is 0 Å². The van der Waals surface area contributed by atoms with Crippen LogP contribution in [0.25, 0.3) is 0 Å².